The van der Waals surface area contributed by atoms with E-state index in [1.165, 1.54) is 24.5 Å². The number of benzene rings is 3. The van der Waals surface area contributed by atoms with Gasteiger partial charge in [0.2, 0.25) is 0 Å². The van der Waals surface area contributed by atoms with E-state index >= 15 is 0 Å². The van der Waals surface area contributed by atoms with Gasteiger partial charge in [0.1, 0.15) is 11.6 Å². The fourth-order valence-electron chi connectivity index (χ4n) is 3.50. The third kappa shape index (κ3) is 5.43. The van der Waals surface area contributed by atoms with Crippen molar-refractivity contribution >= 4 is 44.6 Å². The zero-order valence-corrected chi connectivity index (χ0v) is 21.0. The van der Waals surface area contributed by atoms with Crippen LogP contribution in [-0.4, -0.2) is 24.0 Å². The fourth-order valence-corrected chi connectivity index (χ4v) is 4.44. The molecule has 0 unspecified atom stereocenters. The van der Waals surface area contributed by atoms with Gasteiger partial charge in [-0.3, -0.25) is 10.1 Å². The van der Waals surface area contributed by atoms with E-state index in [4.69, 9.17) is 9.47 Å². The van der Waals surface area contributed by atoms with Crippen LogP contribution in [0.25, 0.3) is 16.3 Å². The van der Waals surface area contributed by atoms with Crippen molar-refractivity contribution in [3.05, 3.63) is 88.0 Å². The Morgan fingerprint density at radius 3 is 2.53 bits per heavy atom. The summed E-state index contributed by atoms with van der Waals surface area (Å²) in [5.41, 5.74) is 4.84. The highest BCUT2D eigenvalue weighted by Crippen LogP contribution is 2.31. The first-order valence-electron chi connectivity index (χ1n) is 11.0. The molecule has 0 saturated heterocycles. The first-order chi connectivity index (χ1) is 17.3. The van der Waals surface area contributed by atoms with E-state index in [0.717, 1.165) is 26.9 Å². The number of nitrogens with one attached hydrogen (secondary N) is 1. The molecule has 8 heteroatoms. The van der Waals surface area contributed by atoms with E-state index in [9.17, 15) is 14.9 Å². The second-order valence-electron chi connectivity index (χ2n) is 8.22. The number of ether oxygens (including phenoxy) is 2. The average Bonchev–Trinajstić information content (AvgIpc) is 3.23. The maximum atomic E-state index is 12.8. The van der Waals surface area contributed by atoms with Crippen LogP contribution in [0.5, 0.6) is 11.5 Å². The molecule has 3 aromatic carbocycles. The van der Waals surface area contributed by atoms with Crippen LogP contribution in [0, 0.1) is 32.1 Å². The van der Waals surface area contributed by atoms with Gasteiger partial charge in [-0.05, 0) is 79.9 Å². The lowest BCUT2D eigenvalue weighted by molar-refractivity contribution is -0.112. The third-order valence-electron chi connectivity index (χ3n) is 5.54. The Hall–Kier alpha value is -4.48. The van der Waals surface area contributed by atoms with Crippen LogP contribution in [0.3, 0.4) is 0 Å². The Labute approximate surface area is 212 Å². The molecule has 1 amide bonds. The van der Waals surface area contributed by atoms with E-state index < -0.39 is 11.9 Å². The number of rotatable bonds is 6. The van der Waals surface area contributed by atoms with E-state index in [1.807, 2.05) is 45.0 Å². The Morgan fingerprint density at radius 1 is 1.03 bits per heavy atom. The Balaban J connectivity index is 1.53. The Morgan fingerprint density at radius 2 is 1.81 bits per heavy atom. The lowest BCUT2D eigenvalue weighted by atomic mass is 10.1. The van der Waals surface area contributed by atoms with Crippen molar-refractivity contribution in [2.45, 2.75) is 20.8 Å². The number of nitrogens with zero attached hydrogens (tertiary/aromatic N) is 2. The van der Waals surface area contributed by atoms with Crippen molar-refractivity contribution < 1.29 is 19.1 Å². The number of carbonyl (C=O) groups is 2. The van der Waals surface area contributed by atoms with Gasteiger partial charge in [0, 0.05) is 0 Å². The number of fused-ring (bicyclic) bond motifs is 1. The predicted molar refractivity (Wildman–Crippen MR) is 140 cm³/mol. The molecule has 0 radical (unpaired) electrons. The van der Waals surface area contributed by atoms with E-state index in [-0.39, 0.29) is 11.3 Å². The van der Waals surface area contributed by atoms with Crippen LogP contribution < -0.4 is 14.8 Å². The zero-order valence-electron chi connectivity index (χ0n) is 20.2. The van der Waals surface area contributed by atoms with Gasteiger partial charge in [-0.25, -0.2) is 9.78 Å². The van der Waals surface area contributed by atoms with Gasteiger partial charge < -0.3 is 9.47 Å². The number of thiazole rings is 1. The topological polar surface area (TPSA) is 101 Å². The van der Waals surface area contributed by atoms with E-state index in [2.05, 4.69) is 10.3 Å². The summed E-state index contributed by atoms with van der Waals surface area (Å²) < 4.78 is 11.8. The van der Waals surface area contributed by atoms with Gasteiger partial charge in [-0.1, -0.05) is 35.1 Å². The minimum absolute atomic E-state index is 0.104. The second kappa shape index (κ2) is 10.4. The number of aryl methyl sites for hydroxylation is 3. The number of esters is 1. The molecule has 1 heterocycles. The summed E-state index contributed by atoms with van der Waals surface area (Å²) in [4.78, 5) is 29.7. The van der Waals surface area contributed by atoms with Crippen LogP contribution in [0.4, 0.5) is 5.13 Å². The van der Waals surface area contributed by atoms with Gasteiger partial charge in [0.25, 0.3) is 5.91 Å². The van der Waals surface area contributed by atoms with Crippen molar-refractivity contribution in [2.75, 3.05) is 12.4 Å². The highest BCUT2D eigenvalue weighted by molar-refractivity contribution is 7.22. The zero-order chi connectivity index (χ0) is 25.8. The minimum Gasteiger partial charge on any atom is -0.493 e. The molecular formula is C28H23N3O4S. The SMILES string of the molecule is COc1cc(/C=C(\C#N)C(=O)Nc2nc3cc(C)c(C)cc3s2)ccc1OC(=O)c1cccc(C)c1. The molecule has 0 aliphatic heterocycles. The molecule has 180 valence electrons. The highest BCUT2D eigenvalue weighted by atomic mass is 32.1. The summed E-state index contributed by atoms with van der Waals surface area (Å²) in [6.07, 6.45) is 1.44. The second-order valence-corrected chi connectivity index (χ2v) is 9.25. The number of carbonyl (C=O) groups excluding carboxylic acids is 2. The number of hydrogen-bond donors (Lipinski definition) is 1. The van der Waals surface area contributed by atoms with Crippen LogP contribution in [0.1, 0.15) is 32.6 Å². The molecule has 0 aliphatic rings. The summed E-state index contributed by atoms with van der Waals surface area (Å²) in [6.45, 7) is 5.92. The maximum absolute atomic E-state index is 12.8. The number of anilines is 1. The lowest BCUT2D eigenvalue weighted by Crippen LogP contribution is -2.13. The van der Waals surface area contributed by atoms with Crippen molar-refractivity contribution in [1.29, 1.82) is 5.26 Å². The largest absolute Gasteiger partial charge is 0.493 e. The number of amides is 1. The van der Waals surface area contributed by atoms with Gasteiger partial charge >= 0.3 is 5.97 Å². The monoisotopic (exact) mass is 497 g/mol. The number of hydrogen-bond acceptors (Lipinski definition) is 7. The number of aromatic nitrogens is 1. The van der Waals surface area contributed by atoms with Crippen molar-refractivity contribution in [1.82, 2.24) is 4.98 Å². The summed E-state index contributed by atoms with van der Waals surface area (Å²) in [7, 11) is 1.45. The Kier molecular flexibility index (Phi) is 7.13. The highest BCUT2D eigenvalue weighted by Gasteiger charge is 2.16. The first kappa shape index (κ1) is 24.6. The maximum Gasteiger partial charge on any atom is 0.343 e. The molecule has 7 nitrogen and oxygen atoms in total. The standard InChI is InChI=1S/C28H23N3O4S/c1-16-6-5-7-20(10-16)27(33)35-23-9-8-19(14-24(23)34-4)13-21(15-29)26(32)31-28-30-22-11-17(2)18(3)12-25(22)36-28/h5-14H,1-4H3,(H,30,31,32)/b21-13+. The van der Waals surface area contributed by atoms with Crippen LogP contribution >= 0.6 is 11.3 Å². The van der Waals surface area contributed by atoms with Gasteiger partial charge in [-0.2, -0.15) is 5.26 Å². The predicted octanol–water partition coefficient (Wildman–Crippen LogP) is 6.00. The molecule has 0 fully saturated rings. The van der Waals surface area contributed by atoms with Crippen LogP contribution in [0.2, 0.25) is 0 Å². The van der Waals surface area contributed by atoms with Crippen LogP contribution in [0.15, 0.2) is 60.2 Å². The molecule has 0 atom stereocenters. The third-order valence-corrected chi connectivity index (χ3v) is 6.48. The van der Waals surface area contributed by atoms with E-state index in [0.29, 0.717) is 22.0 Å². The smallest absolute Gasteiger partial charge is 0.343 e. The average molecular weight is 498 g/mol. The first-order valence-corrected chi connectivity index (χ1v) is 11.9. The minimum atomic E-state index is -0.570. The molecule has 4 aromatic rings. The molecule has 36 heavy (non-hydrogen) atoms. The van der Waals surface area contributed by atoms with E-state index in [1.54, 1.807) is 36.4 Å². The summed E-state index contributed by atoms with van der Waals surface area (Å²) in [5.74, 6) is -0.568. The molecule has 1 N–H and O–H groups in total. The van der Waals surface area contributed by atoms with Crippen molar-refractivity contribution in [3.8, 4) is 17.6 Å². The van der Waals surface area contributed by atoms with Gasteiger partial charge in [-0.15, -0.1) is 0 Å². The molecule has 0 aliphatic carbocycles. The number of nitriles is 1. The van der Waals surface area contributed by atoms with Gasteiger partial charge in [0.05, 0.1) is 22.9 Å². The van der Waals surface area contributed by atoms with Gasteiger partial charge in [0.15, 0.2) is 16.6 Å². The number of methoxy groups -OCH3 is 1. The lowest BCUT2D eigenvalue weighted by Gasteiger charge is -2.10. The quantitative estimate of drug-likeness (QED) is 0.152. The Bertz CT molecular complexity index is 1520. The van der Waals surface area contributed by atoms with Crippen LogP contribution in [-0.2, 0) is 4.79 Å². The molecular weight excluding hydrogens is 474 g/mol. The summed E-state index contributed by atoms with van der Waals surface area (Å²) in [6, 6.07) is 17.8. The fraction of sp³-hybridized carbons (Fsp3) is 0.143. The molecule has 0 saturated carbocycles. The molecule has 4 rings (SSSR count). The molecule has 0 bridgehead atoms. The summed E-state index contributed by atoms with van der Waals surface area (Å²) in [5, 5.41) is 12.7. The molecule has 1 aromatic heterocycles. The van der Waals surface area contributed by atoms with Crippen molar-refractivity contribution in [2.24, 2.45) is 0 Å². The molecule has 0 spiro atoms. The summed E-state index contributed by atoms with van der Waals surface area (Å²) >= 11 is 1.35. The normalized spacial score (nSPS) is 11.1. The van der Waals surface area contributed by atoms with Crippen molar-refractivity contribution in [3.63, 3.8) is 0 Å².